The third-order valence-corrected chi connectivity index (χ3v) is 4.25. The average molecular weight is 281 g/mol. The Morgan fingerprint density at radius 1 is 1.53 bits per heavy atom. The van der Waals surface area contributed by atoms with Crippen LogP contribution in [0.25, 0.3) is 0 Å². The highest BCUT2D eigenvalue weighted by Gasteiger charge is 2.22. The van der Waals surface area contributed by atoms with E-state index in [1.807, 2.05) is 18.7 Å². The Balaban J connectivity index is 0.00000256. The van der Waals surface area contributed by atoms with Crippen molar-refractivity contribution in [3.8, 4) is 0 Å². The number of nitrogens with two attached hydrogens (primary N) is 1. The molecule has 0 radical (unpaired) electrons. The van der Waals surface area contributed by atoms with Crippen molar-refractivity contribution < 1.29 is 4.79 Å². The molecule has 0 saturated heterocycles. The Labute approximate surface area is 115 Å². The number of hydrogen-bond donors (Lipinski definition) is 2. The van der Waals surface area contributed by atoms with Crippen LogP contribution in [0, 0.1) is 0 Å². The number of rotatable bonds is 5. The molecule has 0 bridgehead atoms. The van der Waals surface area contributed by atoms with Gasteiger partial charge in [0.1, 0.15) is 0 Å². The molecule has 1 aliphatic carbocycles. The molecule has 0 aliphatic heterocycles. The number of nitrogens with one attached hydrogen (secondary N) is 1. The summed E-state index contributed by atoms with van der Waals surface area (Å²) in [6.45, 7) is 1.94. The molecule has 0 heterocycles. The van der Waals surface area contributed by atoms with Gasteiger partial charge in [-0.25, -0.2) is 0 Å². The summed E-state index contributed by atoms with van der Waals surface area (Å²) in [5.74, 6) is 0.170. The zero-order valence-electron chi connectivity index (χ0n) is 10.8. The zero-order valence-corrected chi connectivity index (χ0v) is 12.4. The first-order valence-electron chi connectivity index (χ1n) is 6.19. The standard InChI is InChI=1S/C12H24N2OS.ClH/c1-9(13)6-7-12(15)14-10-4-3-5-11(8-10)16-2;/h9-11H,3-8,13H2,1-2H3,(H,14,15);1H. The highest BCUT2D eigenvalue weighted by molar-refractivity contribution is 7.99. The van der Waals surface area contributed by atoms with E-state index in [1.165, 1.54) is 12.8 Å². The molecule has 0 aromatic heterocycles. The molecule has 1 rings (SSSR count). The monoisotopic (exact) mass is 280 g/mol. The van der Waals surface area contributed by atoms with E-state index in [2.05, 4.69) is 11.6 Å². The second-order valence-corrected chi connectivity index (χ2v) is 5.94. The molecule has 1 fully saturated rings. The Morgan fingerprint density at radius 2 is 2.24 bits per heavy atom. The van der Waals surface area contributed by atoms with Crippen LogP contribution < -0.4 is 11.1 Å². The first-order chi connectivity index (χ1) is 7.61. The van der Waals surface area contributed by atoms with E-state index in [-0.39, 0.29) is 24.4 Å². The Bertz CT molecular complexity index is 227. The predicted molar refractivity (Wildman–Crippen MR) is 77.8 cm³/mol. The molecular formula is C12H25ClN2OS. The summed E-state index contributed by atoms with van der Waals surface area (Å²) >= 11 is 1.92. The van der Waals surface area contributed by atoms with Gasteiger partial charge in [-0.05, 0) is 38.9 Å². The Hall–Kier alpha value is 0.0700. The number of amides is 1. The smallest absolute Gasteiger partial charge is 0.220 e. The summed E-state index contributed by atoms with van der Waals surface area (Å²) in [6, 6.07) is 0.517. The quantitative estimate of drug-likeness (QED) is 0.813. The van der Waals surface area contributed by atoms with Crippen molar-refractivity contribution in [2.75, 3.05) is 6.26 Å². The lowest BCUT2D eigenvalue weighted by molar-refractivity contribution is -0.122. The van der Waals surface area contributed by atoms with Gasteiger partial charge in [-0.15, -0.1) is 12.4 Å². The molecule has 1 amide bonds. The van der Waals surface area contributed by atoms with Crippen LogP contribution in [0.15, 0.2) is 0 Å². The van der Waals surface area contributed by atoms with Crippen LogP contribution in [0.2, 0.25) is 0 Å². The summed E-state index contributed by atoms with van der Waals surface area (Å²) in [7, 11) is 0. The van der Waals surface area contributed by atoms with Crippen molar-refractivity contribution in [2.24, 2.45) is 5.73 Å². The van der Waals surface area contributed by atoms with Gasteiger partial charge in [-0.2, -0.15) is 11.8 Å². The average Bonchev–Trinajstić information content (AvgIpc) is 2.26. The van der Waals surface area contributed by atoms with Crippen LogP contribution in [0.4, 0.5) is 0 Å². The highest BCUT2D eigenvalue weighted by atomic mass is 35.5. The lowest BCUT2D eigenvalue weighted by Crippen LogP contribution is -2.39. The van der Waals surface area contributed by atoms with E-state index in [0.717, 1.165) is 24.5 Å². The summed E-state index contributed by atoms with van der Waals surface area (Å²) < 4.78 is 0. The third kappa shape index (κ3) is 7.17. The van der Waals surface area contributed by atoms with Gasteiger partial charge in [0.15, 0.2) is 0 Å². The Morgan fingerprint density at radius 3 is 2.82 bits per heavy atom. The second-order valence-electron chi connectivity index (χ2n) is 4.80. The molecule has 0 spiro atoms. The summed E-state index contributed by atoms with van der Waals surface area (Å²) in [4.78, 5) is 11.6. The van der Waals surface area contributed by atoms with Crippen molar-refractivity contribution in [2.45, 2.75) is 62.8 Å². The number of carbonyl (C=O) groups excluding carboxylic acids is 1. The molecule has 0 aromatic rings. The van der Waals surface area contributed by atoms with Crippen molar-refractivity contribution in [3.63, 3.8) is 0 Å². The molecule has 3 unspecified atom stereocenters. The first kappa shape index (κ1) is 17.1. The molecular weight excluding hydrogens is 256 g/mol. The van der Waals surface area contributed by atoms with Crippen LogP contribution in [0.5, 0.6) is 0 Å². The minimum Gasteiger partial charge on any atom is -0.353 e. The normalized spacial score (nSPS) is 25.8. The van der Waals surface area contributed by atoms with E-state index in [1.54, 1.807) is 0 Å². The van der Waals surface area contributed by atoms with Gasteiger partial charge in [-0.3, -0.25) is 4.79 Å². The molecule has 3 nitrogen and oxygen atoms in total. The van der Waals surface area contributed by atoms with Gasteiger partial charge in [0.2, 0.25) is 5.91 Å². The topological polar surface area (TPSA) is 55.1 Å². The molecule has 102 valence electrons. The highest BCUT2D eigenvalue weighted by Crippen LogP contribution is 2.26. The fourth-order valence-electron chi connectivity index (χ4n) is 2.15. The molecule has 5 heteroatoms. The fraction of sp³-hybridized carbons (Fsp3) is 0.917. The largest absolute Gasteiger partial charge is 0.353 e. The van der Waals surface area contributed by atoms with E-state index in [9.17, 15) is 4.79 Å². The van der Waals surface area contributed by atoms with Gasteiger partial charge < -0.3 is 11.1 Å². The number of halogens is 1. The molecule has 17 heavy (non-hydrogen) atoms. The molecule has 1 saturated carbocycles. The maximum Gasteiger partial charge on any atom is 0.220 e. The van der Waals surface area contributed by atoms with E-state index >= 15 is 0 Å². The lowest BCUT2D eigenvalue weighted by Gasteiger charge is -2.28. The number of hydrogen-bond acceptors (Lipinski definition) is 3. The van der Waals surface area contributed by atoms with Crippen LogP contribution in [-0.4, -0.2) is 29.5 Å². The lowest BCUT2D eigenvalue weighted by atomic mass is 9.95. The van der Waals surface area contributed by atoms with Gasteiger partial charge >= 0.3 is 0 Å². The number of carbonyl (C=O) groups is 1. The van der Waals surface area contributed by atoms with Gasteiger partial charge in [0.05, 0.1) is 0 Å². The summed E-state index contributed by atoms with van der Waals surface area (Å²) in [5.41, 5.74) is 5.63. The van der Waals surface area contributed by atoms with Gasteiger partial charge in [0.25, 0.3) is 0 Å². The molecule has 1 aliphatic rings. The SMILES string of the molecule is CSC1CCCC(NC(=O)CCC(C)N)C1.Cl. The van der Waals surface area contributed by atoms with E-state index in [0.29, 0.717) is 12.5 Å². The minimum atomic E-state index is 0. The van der Waals surface area contributed by atoms with Crippen LogP contribution in [0.1, 0.15) is 45.4 Å². The van der Waals surface area contributed by atoms with Crippen molar-refractivity contribution in [3.05, 3.63) is 0 Å². The second kappa shape index (κ2) is 9.06. The van der Waals surface area contributed by atoms with Crippen molar-refractivity contribution in [1.29, 1.82) is 0 Å². The molecule has 3 N–H and O–H groups in total. The maximum absolute atomic E-state index is 11.6. The minimum absolute atomic E-state index is 0. The first-order valence-corrected chi connectivity index (χ1v) is 7.48. The van der Waals surface area contributed by atoms with E-state index < -0.39 is 0 Å². The van der Waals surface area contributed by atoms with Crippen molar-refractivity contribution in [1.82, 2.24) is 5.32 Å². The van der Waals surface area contributed by atoms with Crippen molar-refractivity contribution >= 4 is 30.1 Å². The number of thioether (sulfide) groups is 1. The summed E-state index contributed by atoms with van der Waals surface area (Å²) in [6.07, 6.45) is 8.32. The summed E-state index contributed by atoms with van der Waals surface area (Å²) in [5, 5.41) is 3.86. The van der Waals surface area contributed by atoms with Gasteiger partial charge in [-0.1, -0.05) is 6.42 Å². The van der Waals surface area contributed by atoms with Crippen LogP contribution >= 0.6 is 24.2 Å². The fourth-order valence-corrected chi connectivity index (χ4v) is 2.98. The molecule has 3 atom stereocenters. The predicted octanol–water partition coefficient (Wildman–Crippen LogP) is 2.33. The zero-order chi connectivity index (χ0) is 12.0. The molecule has 0 aromatic carbocycles. The Kier molecular flexibility index (Phi) is 9.10. The third-order valence-electron chi connectivity index (χ3n) is 3.15. The van der Waals surface area contributed by atoms with Crippen LogP contribution in [-0.2, 0) is 4.79 Å². The van der Waals surface area contributed by atoms with E-state index in [4.69, 9.17) is 5.73 Å². The van der Waals surface area contributed by atoms with Gasteiger partial charge in [0, 0.05) is 23.8 Å². The van der Waals surface area contributed by atoms with Crippen LogP contribution in [0.3, 0.4) is 0 Å². The maximum atomic E-state index is 11.6.